The van der Waals surface area contributed by atoms with Gasteiger partial charge in [-0.25, -0.2) is 13.1 Å². The van der Waals surface area contributed by atoms with Crippen molar-refractivity contribution in [2.24, 2.45) is 0 Å². The SMILES string of the molecule is CCCC[C@H](C(=O)NS(=O)(=O)N1CCc2sccc2C1)N1CCCS1(=O)=O. The van der Waals surface area contributed by atoms with E-state index < -0.39 is 32.2 Å². The van der Waals surface area contributed by atoms with Gasteiger partial charge in [0, 0.05) is 24.5 Å². The van der Waals surface area contributed by atoms with Crippen LogP contribution in [0, 0.1) is 0 Å². The first-order chi connectivity index (χ1) is 12.7. The minimum Gasteiger partial charge on any atom is -0.272 e. The van der Waals surface area contributed by atoms with E-state index in [-0.39, 0.29) is 18.8 Å². The third-order valence-corrected chi connectivity index (χ3v) is 9.39. The third kappa shape index (κ3) is 4.53. The zero-order valence-electron chi connectivity index (χ0n) is 15.3. The Kier molecular flexibility index (Phi) is 6.26. The van der Waals surface area contributed by atoms with Crippen LogP contribution in [0.3, 0.4) is 0 Å². The standard InChI is InChI=1S/C16H25N3O5S3/c1-2-3-5-14(19-8-4-11-26(19,21)22)16(20)17-27(23,24)18-9-6-15-13(12-18)7-10-25-15/h7,10,14H,2-6,8-9,11-12H2,1H3,(H,17,20)/t14-/m1/s1. The van der Waals surface area contributed by atoms with E-state index in [0.29, 0.717) is 32.2 Å². The van der Waals surface area contributed by atoms with Crippen LogP contribution in [0.2, 0.25) is 0 Å². The van der Waals surface area contributed by atoms with Gasteiger partial charge in [-0.2, -0.15) is 17.0 Å². The molecular weight excluding hydrogens is 410 g/mol. The summed E-state index contributed by atoms with van der Waals surface area (Å²) in [6.45, 7) is 2.73. The van der Waals surface area contributed by atoms with E-state index in [2.05, 4.69) is 4.72 Å². The monoisotopic (exact) mass is 435 g/mol. The molecule has 1 N–H and O–H groups in total. The lowest BCUT2D eigenvalue weighted by Gasteiger charge is -2.29. The second-order valence-corrected chi connectivity index (χ2v) is 11.6. The van der Waals surface area contributed by atoms with E-state index in [0.717, 1.165) is 16.9 Å². The summed E-state index contributed by atoms with van der Waals surface area (Å²) in [5.41, 5.74) is 0.953. The van der Waals surface area contributed by atoms with Gasteiger partial charge in [0.15, 0.2) is 0 Å². The van der Waals surface area contributed by atoms with Crippen LogP contribution in [-0.2, 0) is 38.0 Å². The summed E-state index contributed by atoms with van der Waals surface area (Å²) in [7, 11) is -7.53. The molecule has 1 saturated heterocycles. The molecule has 2 aliphatic rings. The number of unbranched alkanes of at least 4 members (excludes halogenated alkanes) is 1. The Morgan fingerprint density at radius 1 is 1.37 bits per heavy atom. The van der Waals surface area contributed by atoms with Crippen molar-refractivity contribution < 1.29 is 21.6 Å². The highest BCUT2D eigenvalue weighted by atomic mass is 32.2. The summed E-state index contributed by atoms with van der Waals surface area (Å²) >= 11 is 1.60. The number of rotatable bonds is 7. The predicted octanol–water partition coefficient (Wildman–Crippen LogP) is 1.06. The average Bonchev–Trinajstić information content (AvgIpc) is 3.20. The summed E-state index contributed by atoms with van der Waals surface area (Å²) in [6.07, 6.45) is 2.81. The van der Waals surface area contributed by atoms with Crippen LogP contribution >= 0.6 is 11.3 Å². The van der Waals surface area contributed by atoms with Crippen LogP contribution in [0.5, 0.6) is 0 Å². The molecular formula is C16H25N3O5S3. The number of thiophene rings is 1. The van der Waals surface area contributed by atoms with Gasteiger partial charge in [-0.05, 0) is 36.3 Å². The molecule has 1 aromatic rings. The second kappa shape index (κ2) is 8.16. The molecule has 0 radical (unpaired) electrons. The summed E-state index contributed by atoms with van der Waals surface area (Å²) in [5, 5.41) is 1.93. The molecule has 1 amide bonds. The van der Waals surface area contributed by atoms with E-state index in [4.69, 9.17) is 0 Å². The number of sulfonamides is 1. The topological polar surface area (TPSA) is 104 Å². The molecule has 27 heavy (non-hydrogen) atoms. The van der Waals surface area contributed by atoms with Gasteiger partial charge >= 0.3 is 10.2 Å². The maximum Gasteiger partial charge on any atom is 0.304 e. The lowest BCUT2D eigenvalue weighted by Crippen LogP contribution is -2.52. The molecule has 8 nitrogen and oxygen atoms in total. The van der Waals surface area contributed by atoms with E-state index in [1.165, 1.54) is 8.61 Å². The lowest BCUT2D eigenvalue weighted by molar-refractivity contribution is -0.123. The first kappa shape index (κ1) is 20.7. The molecule has 0 spiro atoms. The molecule has 0 bridgehead atoms. The zero-order valence-corrected chi connectivity index (χ0v) is 17.7. The van der Waals surface area contributed by atoms with E-state index in [1.54, 1.807) is 11.3 Å². The highest BCUT2D eigenvalue weighted by Gasteiger charge is 2.40. The van der Waals surface area contributed by atoms with Crippen LogP contribution in [0.25, 0.3) is 0 Å². The van der Waals surface area contributed by atoms with Crippen molar-refractivity contribution in [1.29, 1.82) is 0 Å². The van der Waals surface area contributed by atoms with E-state index >= 15 is 0 Å². The summed E-state index contributed by atoms with van der Waals surface area (Å²) < 4.78 is 54.4. The fourth-order valence-electron chi connectivity index (χ4n) is 3.50. The molecule has 11 heteroatoms. The molecule has 0 aliphatic carbocycles. The van der Waals surface area contributed by atoms with Crippen LogP contribution in [0.1, 0.15) is 43.0 Å². The first-order valence-electron chi connectivity index (χ1n) is 9.11. The van der Waals surface area contributed by atoms with Crippen molar-refractivity contribution >= 4 is 37.5 Å². The maximum atomic E-state index is 12.8. The normalized spacial score (nSPS) is 21.7. The van der Waals surface area contributed by atoms with Gasteiger partial charge in [-0.15, -0.1) is 11.3 Å². The molecule has 1 fully saturated rings. The summed E-state index contributed by atoms with van der Waals surface area (Å²) in [6, 6.07) is 0.915. The van der Waals surface area contributed by atoms with Gasteiger partial charge in [0.25, 0.3) is 5.91 Å². The molecule has 3 heterocycles. The number of hydrogen-bond acceptors (Lipinski definition) is 6. The molecule has 0 aromatic carbocycles. The largest absolute Gasteiger partial charge is 0.304 e. The molecule has 2 aliphatic heterocycles. The first-order valence-corrected chi connectivity index (χ1v) is 13.0. The number of nitrogens with zero attached hydrogens (tertiary/aromatic N) is 2. The molecule has 1 atom stereocenters. The number of carbonyl (C=O) groups is 1. The van der Waals surface area contributed by atoms with Crippen molar-refractivity contribution in [2.45, 2.75) is 51.6 Å². The van der Waals surface area contributed by atoms with Gasteiger partial charge < -0.3 is 0 Å². The van der Waals surface area contributed by atoms with Gasteiger partial charge in [0.05, 0.1) is 5.75 Å². The van der Waals surface area contributed by atoms with Crippen LogP contribution in [-0.4, -0.2) is 56.2 Å². The molecule has 152 valence electrons. The van der Waals surface area contributed by atoms with Crippen LogP contribution in [0.15, 0.2) is 11.4 Å². The molecule has 0 saturated carbocycles. The fourth-order valence-corrected chi connectivity index (χ4v) is 7.27. The third-order valence-electron chi connectivity index (χ3n) is 4.96. The highest BCUT2D eigenvalue weighted by Crippen LogP contribution is 2.26. The van der Waals surface area contributed by atoms with Gasteiger partial charge in [-0.3, -0.25) is 4.79 Å². The minimum atomic E-state index is -4.02. The smallest absolute Gasteiger partial charge is 0.272 e. The van der Waals surface area contributed by atoms with Gasteiger partial charge in [0.2, 0.25) is 10.0 Å². The van der Waals surface area contributed by atoms with E-state index in [1.807, 2.05) is 18.4 Å². The Morgan fingerprint density at radius 3 is 2.81 bits per heavy atom. The quantitative estimate of drug-likeness (QED) is 0.690. The van der Waals surface area contributed by atoms with E-state index in [9.17, 15) is 21.6 Å². The summed E-state index contributed by atoms with van der Waals surface area (Å²) in [5.74, 6) is -0.757. The Balaban J connectivity index is 1.74. The van der Waals surface area contributed by atoms with Crippen LogP contribution in [0.4, 0.5) is 0 Å². The minimum absolute atomic E-state index is 0.00269. The Bertz CT molecular complexity index is 894. The number of fused-ring (bicyclic) bond motifs is 1. The maximum absolute atomic E-state index is 12.8. The molecule has 1 aromatic heterocycles. The number of hydrogen-bond donors (Lipinski definition) is 1. The van der Waals surface area contributed by atoms with Gasteiger partial charge in [0.1, 0.15) is 6.04 Å². The Morgan fingerprint density at radius 2 is 2.15 bits per heavy atom. The Labute approximate surface area is 164 Å². The van der Waals surface area contributed by atoms with Crippen molar-refractivity contribution in [2.75, 3.05) is 18.8 Å². The van der Waals surface area contributed by atoms with Crippen molar-refractivity contribution in [1.82, 2.24) is 13.3 Å². The Hall–Kier alpha value is -1.01. The lowest BCUT2D eigenvalue weighted by atomic mass is 10.1. The number of nitrogens with one attached hydrogen (secondary N) is 1. The van der Waals surface area contributed by atoms with Gasteiger partial charge in [-0.1, -0.05) is 19.8 Å². The predicted molar refractivity (Wildman–Crippen MR) is 104 cm³/mol. The van der Waals surface area contributed by atoms with Crippen LogP contribution < -0.4 is 4.72 Å². The van der Waals surface area contributed by atoms with Crippen molar-refractivity contribution in [3.63, 3.8) is 0 Å². The fraction of sp³-hybridized carbons (Fsp3) is 0.688. The number of carbonyl (C=O) groups excluding carboxylic acids is 1. The molecule has 0 unspecified atom stereocenters. The van der Waals surface area contributed by atoms with Crippen molar-refractivity contribution in [3.05, 3.63) is 21.9 Å². The average molecular weight is 436 g/mol. The molecule has 3 rings (SSSR count). The zero-order chi connectivity index (χ0) is 19.7. The highest BCUT2D eigenvalue weighted by molar-refractivity contribution is 7.89. The number of amides is 1. The summed E-state index contributed by atoms with van der Waals surface area (Å²) in [4.78, 5) is 13.9. The second-order valence-electron chi connectivity index (χ2n) is 6.86. The van der Waals surface area contributed by atoms with Crippen molar-refractivity contribution in [3.8, 4) is 0 Å².